The molecule has 68 valence electrons. The highest BCUT2D eigenvalue weighted by atomic mass is 16.2. The van der Waals surface area contributed by atoms with Gasteiger partial charge in [-0.2, -0.15) is 0 Å². The quantitative estimate of drug-likeness (QED) is 0.589. The van der Waals surface area contributed by atoms with Gasteiger partial charge in [-0.25, -0.2) is 0 Å². The zero-order chi connectivity index (χ0) is 8.53. The largest absolute Gasteiger partial charge is 0.350 e. The predicted molar refractivity (Wildman–Crippen MR) is 45.9 cm³/mol. The molecule has 7 aliphatic rings. The van der Waals surface area contributed by atoms with E-state index in [0.29, 0.717) is 22.3 Å². The van der Waals surface area contributed by atoms with Crippen LogP contribution in [-0.4, -0.2) is 11.4 Å². The van der Waals surface area contributed by atoms with Crippen molar-refractivity contribution in [3.05, 3.63) is 0 Å². The van der Waals surface area contributed by atoms with Crippen LogP contribution in [0.15, 0.2) is 0 Å². The molecule has 2 heteroatoms. The van der Waals surface area contributed by atoms with Gasteiger partial charge in [0.15, 0.2) is 0 Å². The Labute approximate surface area is 77.1 Å². The summed E-state index contributed by atoms with van der Waals surface area (Å²) >= 11 is 0. The normalized spacial score (nSPS) is 59.5. The summed E-state index contributed by atoms with van der Waals surface area (Å²) in [7, 11) is 0. The van der Waals surface area contributed by atoms with E-state index in [9.17, 15) is 4.79 Å². The van der Waals surface area contributed by atoms with Crippen LogP contribution in [0.25, 0.3) is 0 Å². The van der Waals surface area contributed by atoms with Gasteiger partial charge in [-0.15, -0.1) is 0 Å². The van der Waals surface area contributed by atoms with Gasteiger partial charge >= 0.3 is 0 Å². The number of nitrogens with one attached hydrogen (secondary N) is 1. The minimum atomic E-state index is 0.156. The molecule has 2 bridgehead atoms. The van der Waals surface area contributed by atoms with Crippen LogP contribution in [0.1, 0.15) is 38.5 Å². The molecule has 0 atom stereocenters. The highest BCUT2D eigenvalue weighted by Gasteiger charge is 2.97. The second-order valence-corrected chi connectivity index (χ2v) is 6.14. The van der Waals surface area contributed by atoms with Crippen LogP contribution in [0.4, 0.5) is 0 Å². The lowest BCUT2D eigenvalue weighted by atomic mass is 9.66. The van der Waals surface area contributed by atoms with Crippen LogP contribution in [0.2, 0.25) is 0 Å². The molecule has 0 unspecified atom stereocenters. The maximum absolute atomic E-state index is 11.9. The molecule has 1 N–H and O–H groups in total. The molecule has 2 aliphatic heterocycles. The molecule has 0 radical (unpaired) electrons. The highest BCUT2D eigenvalue weighted by Crippen LogP contribution is 2.96. The molecule has 7 rings (SSSR count). The Morgan fingerprint density at radius 3 is 2.15 bits per heavy atom. The smallest absolute Gasteiger partial charge is 0.227 e. The van der Waals surface area contributed by atoms with E-state index in [1.165, 1.54) is 38.5 Å². The molecule has 1 amide bonds. The Morgan fingerprint density at radius 1 is 1.00 bits per heavy atom. The molecule has 2 nitrogen and oxygen atoms in total. The zero-order valence-electron chi connectivity index (χ0n) is 7.65. The lowest BCUT2D eigenvalue weighted by Crippen LogP contribution is -2.47. The number of rotatable bonds is 0. The number of carbonyl (C=O) groups is 1. The van der Waals surface area contributed by atoms with Crippen molar-refractivity contribution >= 4 is 5.91 Å². The van der Waals surface area contributed by atoms with Gasteiger partial charge in [0.1, 0.15) is 0 Å². The van der Waals surface area contributed by atoms with E-state index in [1.807, 2.05) is 0 Å². The fraction of sp³-hybridized carbons (Fsp3) is 0.909. The van der Waals surface area contributed by atoms with Crippen molar-refractivity contribution in [2.75, 3.05) is 0 Å². The minimum absolute atomic E-state index is 0.156. The number of fused-ring (bicyclic) bond motifs is 1. The third kappa shape index (κ3) is 0.291. The fourth-order valence-corrected chi connectivity index (χ4v) is 5.66. The minimum Gasteiger partial charge on any atom is -0.350 e. The van der Waals surface area contributed by atoms with Gasteiger partial charge < -0.3 is 5.32 Å². The van der Waals surface area contributed by atoms with Crippen LogP contribution < -0.4 is 5.32 Å². The number of carbonyl (C=O) groups excluding carboxylic acids is 1. The van der Waals surface area contributed by atoms with Crippen molar-refractivity contribution in [2.24, 2.45) is 16.2 Å². The molecular weight excluding hydrogens is 162 g/mol. The summed E-state index contributed by atoms with van der Waals surface area (Å²) in [5.41, 5.74) is 1.63. The lowest BCUT2D eigenvalue weighted by molar-refractivity contribution is -0.130. The first-order chi connectivity index (χ1) is 6.21. The van der Waals surface area contributed by atoms with E-state index in [1.54, 1.807) is 0 Å². The van der Waals surface area contributed by atoms with Crippen LogP contribution in [0.5, 0.6) is 0 Å². The Hall–Kier alpha value is -0.530. The van der Waals surface area contributed by atoms with Crippen molar-refractivity contribution in [3.8, 4) is 0 Å². The van der Waals surface area contributed by atoms with Crippen LogP contribution in [0.3, 0.4) is 0 Å². The summed E-state index contributed by atoms with van der Waals surface area (Å²) in [6.45, 7) is 0. The van der Waals surface area contributed by atoms with Crippen molar-refractivity contribution in [2.45, 2.75) is 44.1 Å². The van der Waals surface area contributed by atoms with Crippen molar-refractivity contribution in [1.82, 2.24) is 5.32 Å². The number of hydrogen-bond donors (Lipinski definition) is 1. The van der Waals surface area contributed by atoms with Crippen molar-refractivity contribution < 1.29 is 4.79 Å². The van der Waals surface area contributed by atoms with E-state index in [-0.39, 0.29) is 5.41 Å². The first-order valence-corrected chi connectivity index (χ1v) is 5.53. The van der Waals surface area contributed by atoms with Crippen LogP contribution in [0, 0.1) is 16.2 Å². The summed E-state index contributed by atoms with van der Waals surface area (Å²) in [6.07, 6.45) is 7.96. The van der Waals surface area contributed by atoms with E-state index in [0.717, 1.165) is 0 Å². The number of piperidine rings is 1. The van der Waals surface area contributed by atoms with E-state index in [4.69, 9.17) is 0 Å². The first-order valence-electron chi connectivity index (χ1n) is 5.53. The molecule has 2 spiro atoms. The molecule has 2 saturated heterocycles. The molecule has 2 heterocycles. The van der Waals surface area contributed by atoms with Gasteiger partial charge in [0.05, 0.1) is 5.41 Å². The van der Waals surface area contributed by atoms with E-state index in [2.05, 4.69) is 5.32 Å². The second-order valence-electron chi connectivity index (χ2n) is 6.14. The summed E-state index contributed by atoms with van der Waals surface area (Å²) in [5, 5.41) is 3.30. The molecule has 0 aromatic heterocycles. The summed E-state index contributed by atoms with van der Waals surface area (Å²) in [4.78, 5) is 11.9. The van der Waals surface area contributed by atoms with Crippen molar-refractivity contribution in [3.63, 3.8) is 0 Å². The molecule has 0 aromatic rings. The molecule has 5 saturated carbocycles. The zero-order valence-corrected chi connectivity index (χ0v) is 7.65. The highest BCUT2D eigenvalue weighted by molar-refractivity contribution is 5.95. The summed E-state index contributed by atoms with van der Waals surface area (Å²) in [6, 6.07) is 0. The Morgan fingerprint density at radius 2 is 1.62 bits per heavy atom. The monoisotopic (exact) mass is 175 g/mol. The topological polar surface area (TPSA) is 29.1 Å². The standard InChI is InChI=1S/C11H13NO/c13-7-8-5-11(6-8,12-7)10(3-4-10)9(8)1-2-9/h1-6H2,(H,12,13). The molecule has 13 heavy (non-hydrogen) atoms. The van der Waals surface area contributed by atoms with E-state index < -0.39 is 0 Å². The van der Waals surface area contributed by atoms with Crippen LogP contribution in [-0.2, 0) is 4.79 Å². The van der Waals surface area contributed by atoms with Gasteiger partial charge in [-0.3, -0.25) is 4.79 Å². The summed E-state index contributed by atoms with van der Waals surface area (Å²) < 4.78 is 0. The van der Waals surface area contributed by atoms with E-state index >= 15 is 0 Å². The van der Waals surface area contributed by atoms with Gasteiger partial charge in [-0.1, -0.05) is 0 Å². The molecule has 5 aliphatic carbocycles. The third-order valence-electron chi connectivity index (χ3n) is 6.24. The average molecular weight is 175 g/mol. The van der Waals surface area contributed by atoms with Crippen molar-refractivity contribution in [1.29, 1.82) is 0 Å². The average Bonchev–Trinajstić information content (AvgIpc) is 2.88. The second kappa shape index (κ2) is 1.12. The first kappa shape index (κ1) is 6.05. The van der Waals surface area contributed by atoms with Crippen LogP contribution >= 0.6 is 0 Å². The lowest BCUT2D eigenvalue weighted by Gasteiger charge is -2.35. The van der Waals surface area contributed by atoms with Gasteiger partial charge in [-0.05, 0) is 43.9 Å². The Bertz CT molecular complexity index is 370. The molecular formula is C11H13NO. The van der Waals surface area contributed by atoms with Gasteiger partial charge in [0, 0.05) is 11.0 Å². The fourth-order valence-electron chi connectivity index (χ4n) is 5.66. The maximum Gasteiger partial charge on any atom is 0.227 e. The summed E-state index contributed by atoms with van der Waals surface area (Å²) in [5.74, 6) is 0.419. The SMILES string of the molecule is O=C1NC23CC1(C2)C1(CC1)C31CC1. The number of hydrogen-bond acceptors (Lipinski definition) is 1. The number of amides is 1. The Balaban J connectivity index is 1.88. The third-order valence-corrected chi connectivity index (χ3v) is 6.24. The van der Waals surface area contributed by atoms with Gasteiger partial charge in [0.25, 0.3) is 0 Å². The maximum atomic E-state index is 11.9. The predicted octanol–water partition coefficient (Wildman–Crippen LogP) is 1.21. The molecule has 7 fully saturated rings. The van der Waals surface area contributed by atoms with Gasteiger partial charge in [0.2, 0.25) is 5.91 Å². The Kier molecular flexibility index (Phi) is 0.522. The molecule has 0 aromatic carbocycles.